The van der Waals surface area contributed by atoms with Crippen LogP contribution in [-0.2, 0) is 4.79 Å². The van der Waals surface area contributed by atoms with E-state index in [1.807, 2.05) is 25.4 Å². The summed E-state index contributed by atoms with van der Waals surface area (Å²) < 4.78 is 0. The van der Waals surface area contributed by atoms with Gasteiger partial charge in [-0.2, -0.15) is 5.26 Å². The number of likely N-dealkylation sites (N-methyl/N-ethyl adjacent to an activating group) is 1. The van der Waals surface area contributed by atoms with Gasteiger partial charge in [0.2, 0.25) is 5.91 Å². The molecule has 1 fully saturated rings. The van der Waals surface area contributed by atoms with Crippen molar-refractivity contribution in [3.63, 3.8) is 0 Å². The van der Waals surface area contributed by atoms with Crippen LogP contribution in [0.15, 0.2) is 18.6 Å². The summed E-state index contributed by atoms with van der Waals surface area (Å²) in [4.78, 5) is 27.7. The third kappa shape index (κ3) is 2.84. The Balaban J connectivity index is 1.85. The lowest BCUT2D eigenvalue weighted by Crippen LogP contribution is -2.52. The van der Waals surface area contributed by atoms with Crippen molar-refractivity contribution in [1.29, 1.82) is 5.26 Å². The van der Waals surface area contributed by atoms with Crippen LogP contribution in [0.5, 0.6) is 0 Å². The lowest BCUT2D eigenvalue weighted by atomic mass is 9.93. The number of nitrogens with one attached hydrogen (secondary N) is 1. The second kappa shape index (κ2) is 6.24. The van der Waals surface area contributed by atoms with Gasteiger partial charge in [0.25, 0.3) is 0 Å². The Bertz CT molecular complexity index is 748. The number of anilines is 1. The number of nitrogens with zero attached hydrogens (tertiary/aromatic N) is 5. The average Bonchev–Trinajstić information content (AvgIpc) is 3.03. The number of carbonyl (C=O) groups excluding carboxylic acids is 1. The number of fused-ring (bicyclic) bond motifs is 1. The molecule has 0 saturated carbocycles. The molecule has 120 valence electrons. The number of H-pyrrole nitrogens is 1. The minimum absolute atomic E-state index is 0.0552. The van der Waals surface area contributed by atoms with Crippen molar-refractivity contribution in [2.24, 2.45) is 5.92 Å². The molecule has 1 aliphatic rings. The zero-order valence-corrected chi connectivity index (χ0v) is 13.4. The highest BCUT2D eigenvalue weighted by Gasteiger charge is 2.32. The molecule has 3 heterocycles. The van der Waals surface area contributed by atoms with Crippen LogP contribution in [0.2, 0.25) is 0 Å². The SMILES string of the molecule is C[C@H]1CCN([13C](=O)[13CH2][13C]#[15N])C[C@H]1N(C)c1ncnc2[nH]ccc12. The molecule has 0 unspecified atom stereocenters. The lowest BCUT2D eigenvalue weighted by molar-refractivity contribution is -0.131. The first kappa shape index (κ1) is 15.3. The molecule has 7 nitrogen and oxygen atoms in total. The largest absolute Gasteiger partial charge is 0.354 e. The van der Waals surface area contributed by atoms with Gasteiger partial charge in [0.1, 0.15) is 24.2 Å². The molecule has 1 saturated heterocycles. The predicted molar refractivity (Wildman–Crippen MR) is 86.7 cm³/mol. The van der Waals surface area contributed by atoms with Gasteiger partial charge in [-0.25, -0.2) is 9.97 Å². The number of aromatic nitrogens is 3. The van der Waals surface area contributed by atoms with E-state index in [4.69, 9.17) is 5.26 Å². The van der Waals surface area contributed by atoms with Crippen molar-refractivity contribution in [3.05, 3.63) is 18.6 Å². The topological polar surface area (TPSA) is 88.9 Å². The predicted octanol–water partition coefficient (Wildman–Crippen LogP) is 1.54. The van der Waals surface area contributed by atoms with Gasteiger partial charge in [0, 0.05) is 26.3 Å². The number of aromatic amines is 1. The summed E-state index contributed by atoms with van der Waals surface area (Å²) in [5.74, 6) is 1.21. The molecule has 1 aliphatic heterocycles. The van der Waals surface area contributed by atoms with E-state index in [-0.39, 0.29) is 18.4 Å². The maximum absolute atomic E-state index is 12.0. The zero-order valence-electron chi connectivity index (χ0n) is 13.4. The molecule has 2 atom stereocenters. The number of likely N-dealkylation sites (tertiary alicyclic amines) is 1. The summed E-state index contributed by atoms with van der Waals surface area (Å²) in [6.07, 6.45) is 4.27. The summed E-state index contributed by atoms with van der Waals surface area (Å²) in [5, 5.41) is 9.71. The van der Waals surface area contributed by atoms with Gasteiger partial charge in [-0.05, 0) is 18.4 Å². The van der Waals surface area contributed by atoms with Crippen LogP contribution in [0, 0.1) is 17.2 Å². The molecule has 0 aromatic carbocycles. The molecule has 7 heteroatoms. The van der Waals surface area contributed by atoms with Crippen LogP contribution in [0.3, 0.4) is 0 Å². The van der Waals surface area contributed by atoms with Gasteiger partial charge in [-0.3, -0.25) is 4.79 Å². The molecule has 1 amide bonds. The molecular weight excluding hydrogens is 296 g/mol. The second-order valence-corrected chi connectivity index (χ2v) is 6.06. The van der Waals surface area contributed by atoms with Crippen LogP contribution >= 0.6 is 0 Å². The summed E-state index contributed by atoms with van der Waals surface area (Å²) >= 11 is 0. The van der Waals surface area contributed by atoms with Crippen molar-refractivity contribution in [2.75, 3.05) is 25.0 Å². The first-order chi connectivity index (χ1) is 11.1. The zero-order chi connectivity index (χ0) is 16.4. The van der Waals surface area contributed by atoms with Crippen LogP contribution < -0.4 is 4.90 Å². The Kier molecular flexibility index (Phi) is 4.15. The van der Waals surface area contributed by atoms with Gasteiger partial charge in [-0.15, -0.1) is 0 Å². The minimum Gasteiger partial charge on any atom is -0.354 e. The third-order valence-corrected chi connectivity index (χ3v) is 4.67. The first-order valence-electron chi connectivity index (χ1n) is 7.77. The van der Waals surface area contributed by atoms with E-state index >= 15 is 0 Å². The molecule has 3 rings (SSSR count). The minimum atomic E-state index is -0.0905. The lowest BCUT2D eigenvalue weighted by Gasteiger charge is -2.42. The molecule has 23 heavy (non-hydrogen) atoms. The van der Waals surface area contributed by atoms with E-state index in [0.29, 0.717) is 12.5 Å². The fourth-order valence-corrected chi connectivity index (χ4v) is 3.26. The maximum atomic E-state index is 12.0. The van der Waals surface area contributed by atoms with E-state index in [0.717, 1.165) is 29.8 Å². The van der Waals surface area contributed by atoms with Crippen molar-refractivity contribution in [1.82, 2.24) is 19.9 Å². The van der Waals surface area contributed by atoms with E-state index < -0.39 is 0 Å². The highest BCUT2D eigenvalue weighted by Crippen LogP contribution is 2.28. The van der Waals surface area contributed by atoms with Crippen molar-refractivity contribution in [3.8, 4) is 6.07 Å². The van der Waals surface area contributed by atoms with Crippen LogP contribution in [0.1, 0.15) is 19.8 Å². The number of nitriles is 1. The molecular formula is C16H20N6O. The summed E-state index contributed by atoms with van der Waals surface area (Å²) in [5.41, 5.74) is 0.808. The van der Waals surface area contributed by atoms with Crippen molar-refractivity contribution in [2.45, 2.75) is 25.8 Å². The smallest absolute Gasteiger partial charge is 0.236 e. The highest BCUT2D eigenvalue weighted by molar-refractivity contribution is 5.87. The number of piperidine rings is 1. The van der Waals surface area contributed by atoms with Crippen LogP contribution in [0.4, 0.5) is 5.82 Å². The number of carbonyl (C=O) groups is 1. The molecule has 0 aliphatic carbocycles. The molecule has 0 spiro atoms. The maximum Gasteiger partial charge on any atom is 0.236 e. The van der Waals surface area contributed by atoms with Gasteiger partial charge >= 0.3 is 0 Å². The van der Waals surface area contributed by atoms with E-state index in [9.17, 15) is 4.79 Å². The number of hydrogen-bond acceptors (Lipinski definition) is 5. The van der Waals surface area contributed by atoms with Crippen molar-refractivity contribution >= 4 is 22.8 Å². The fraction of sp³-hybridized carbons (Fsp3) is 0.500. The van der Waals surface area contributed by atoms with Gasteiger partial charge in [-0.1, -0.05) is 6.92 Å². The number of amides is 1. The fourth-order valence-electron chi connectivity index (χ4n) is 3.26. The van der Waals surface area contributed by atoms with Crippen LogP contribution in [-0.4, -0.2) is 51.9 Å². The Morgan fingerprint density at radius 2 is 2.39 bits per heavy atom. The van der Waals surface area contributed by atoms with E-state index in [2.05, 4.69) is 26.8 Å². The average molecular weight is 316 g/mol. The Labute approximate surface area is 134 Å². The Morgan fingerprint density at radius 1 is 1.57 bits per heavy atom. The summed E-state index contributed by atoms with van der Waals surface area (Å²) in [6.45, 7) is 3.53. The van der Waals surface area contributed by atoms with E-state index in [1.165, 1.54) is 0 Å². The monoisotopic (exact) mass is 316 g/mol. The molecule has 0 bridgehead atoms. The molecule has 2 aromatic heterocycles. The van der Waals surface area contributed by atoms with Crippen molar-refractivity contribution < 1.29 is 4.79 Å². The normalized spacial score (nSPS) is 21.2. The number of hydrogen-bond donors (Lipinski definition) is 1. The third-order valence-electron chi connectivity index (χ3n) is 4.67. The molecule has 0 radical (unpaired) electrons. The van der Waals surface area contributed by atoms with Crippen LogP contribution in [0.25, 0.3) is 11.0 Å². The van der Waals surface area contributed by atoms with Gasteiger partial charge < -0.3 is 14.8 Å². The van der Waals surface area contributed by atoms with Gasteiger partial charge in [0.05, 0.1) is 17.5 Å². The summed E-state index contributed by atoms with van der Waals surface area (Å²) in [7, 11) is 2.01. The van der Waals surface area contributed by atoms with Gasteiger partial charge in [0.15, 0.2) is 0 Å². The molecule has 2 aromatic rings. The quantitative estimate of drug-likeness (QED) is 0.685. The summed E-state index contributed by atoms with van der Waals surface area (Å²) in [6, 6.07) is 4.07. The standard InChI is InChI=1S/C16H20N6O/c1-11-5-8-22(14(23)3-6-17)9-13(11)21(2)16-12-4-7-18-15(12)19-10-20-16/h4,7,10-11,13H,3,5,8-9H2,1-2H3,(H,18,19,20)/t11-,13+/m0/s1/i3+1,6+1,14+1,17+1. The highest BCUT2D eigenvalue weighted by atomic mass is 16.2. The Morgan fingerprint density at radius 3 is 3.17 bits per heavy atom. The first-order valence-corrected chi connectivity index (χ1v) is 7.77. The molecule has 1 N–H and O–H groups in total. The second-order valence-electron chi connectivity index (χ2n) is 6.06. The Hall–Kier alpha value is -2.62. The number of rotatable bonds is 3. The van der Waals surface area contributed by atoms with E-state index in [1.54, 1.807) is 11.2 Å².